The third-order valence-electron chi connectivity index (χ3n) is 3.87. The molecular formula is C18H30O. The van der Waals surface area contributed by atoms with Crippen molar-refractivity contribution in [3.8, 4) is 0 Å². The highest BCUT2D eigenvalue weighted by Crippen LogP contribution is 2.30. The Balaban J connectivity index is 0.000000191. The highest BCUT2D eigenvalue weighted by atomic mass is 16.5. The zero-order valence-corrected chi connectivity index (χ0v) is 13.0. The number of unbranched alkanes of at least 4 members (excludes halogenated alkanes) is 2. The van der Waals surface area contributed by atoms with Gasteiger partial charge in [0.1, 0.15) is 0 Å². The molecule has 1 aromatic carbocycles. The second-order valence-corrected chi connectivity index (χ2v) is 5.71. The minimum Gasteiger partial charge on any atom is -0.380 e. The molecule has 0 unspecified atom stereocenters. The maximum absolute atomic E-state index is 4.97. The van der Waals surface area contributed by atoms with Gasteiger partial charge in [0.15, 0.2) is 0 Å². The number of hydrogen-bond acceptors (Lipinski definition) is 1. The van der Waals surface area contributed by atoms with Gasteiger partial charge >= 0.3 is 0 Å². The van der Waals surface area contributed by atoms with Crippen molar-refractivity contribution >= 4 is 0 Å². The average Bonchev–Trinajstić information content (AvgIpc) is 2.36. The molecule has 0 bridgehead atoms. The predicted molar refractivity (Wildman–Crippen MR) is 83.4 cm³/mol. The van der Waals surface area contributed by atoms with E-state index in [4.69, 9.17) is 4.74 Å². The smallest absolute Gasteiger partial charge is 0.0713 e. The van der Waals surface area contributed by atoms with Crippen LogP contribution in [0.25, 0.3) is 0 Å². The normalized spacial score (nSPS) is 14.5. The van der Waals surface area contributed by atoms with E-state index in [0.717, 1.165) is 5.92 Å². The van der Waals surface area contributed by atoms with Gasteiger partial charge in [-0.3, -0.25) is 0 Å². The molecule has 1 nitrogen and oxygen atoms in total. The first kappa shape index (κ1) is 16.2. The Morgan fingerprint density at radius 2 is 1.79 bits per heavy atom. The maximum atomic E-state index is 4.97. The summed E-state index contributed by atoms with van der Waals surface area (Å²) in [6, 6.07) is 8.35. The van der Waals surface area contributed by atoms with Crippen LogP contribution in [-0.2, 0) is 11.3 Å². The summed E-state index contributed by atoms with van der Waals surface area (Å²) in [6.07, 6.45) is 10.4. The van der Waals surface area contributed by atoms with Crippen LogP contribution in [0.2, 0.25) is 0 Å². The van der Waals surface area contributed by atoms with Crippen LogP contribution in [0, 0.1) is 12.8 Å². The molecule has 1 fully saturated rings. The molecule has 0 N–H and O–H groups in total. The summed E-state index contributed by atoms with van der Waals surface area (Å²) in [5, 5.41) is 0. The van der Waals surface area contributed by atoms with E-state index < -0.39 is 0 Å². The van der Waals surface area contributed by atoms with Gasteiger partial charge < -0.3 is 4.74 Å². The molecule has 0 heterocycles. The van der Waals surface area contributed by atoms with E-state index in [1.54, 1.807) is 7.11 Å². The molecule has 0 saturated heterocycles. The molecule has 1 heteroatoms. The second kappa shape index (κ2) is 10.0. The van der Waals surface area contributed by atoms with Gasteiger partial charge in [-0.05, 0) is 18.4 Å². The van der Waals surface area contributed by atoms with Crippen LogP contribution in [0.4, 0.5) is 0 Å². The largest absolute Gasteiger partial charge is 0.380 e. The highest BCUT2D eigenvalue weighted by Gasteiger charge is 2.15. The summed E-state index contributed by atoms with van der Waals surface area (Å²) >= 11 is 0. The Morgan fingerprint density at radius 3 is 2.26 bits per heavy atom. The lowest BCUT2D eigenvalue weighted by Crippen LogP contribution is -2.10. The lowest BCUT2D eigenvalue weighted by atomic mass is 9.82. The van der Waals surface area contributed by atoms with Crippen LogP contribution >= 0.6 is 0 Å². The van der Waals surface area contributed by atoms with Crippen molar-refractivity contribution in [2.24, 2.45) is 5.92 Å². The minimum absolute atomic E-state index is 0.709. The van der Waals surface area contributed by atoms with E-state index in [1.807, 2.05) is 0 Å². The number of benzene rings is 1. The van der Waals surface area contributed by atoms with Gasteiger partial charge in [-0.15, -0.1) is 0 Å². The SMILES string of the molecule is CCCCCC1CCC1.COCc1ccc(C)cc1. The summed E-state index contributed by atoms with van der Waals surface area (Å²) in [6.45, 7) is 5.07. The standard InChI is InChI=1S/C9H12O.C9H18/c1-8-3-5-9(6-4-8)7-10-2;1-2-3-4-6-9-7-5-8-9/h3-6H,7H2,1-2H3;9H,2-8H2,1H3. The van der Waals surface area contributed by atoms with E-state index in [0.29, 0.717) is 6.61 Å². The predicted octanol–water partition coefficient (Wildman–Crippen LogP) is 5.51. The lowest BCUT2D eigenvalue weighted by molar-refractivity contribution is 0.185. The van der Waals surface area contributed by atoms with Gasteiger partial charge in [-0.2, -0.15) is 0 Å². The molecule has 19 heavy (non-hydrogen) atoms. The van der Waals surface area contributed by atoms with Crippen molar-refractivity contribution in [1.82, 2.24) is 0 Å². The van der Waals surface area contributed by atoms with Crippen molar-refractivity contribution in [1.29, 1.82) is 0 Å². The van der Waals surface area contributed by atoms with Gasteiger partial charge in [0.25, 0.3) is 0 Å². The Hall–Kier alpha value is -0.820. The molecule has 0 atom stereocenters. The van der Waals surface area contributed by atoms with Crippen LogP contribution in [0.3, 0.4) is 0 Å². The number of rotatable bonds is 6. The second-order valence-electron chi connectivity index (χ2n) is 5.71. The molecule has 0 aliphatic heterocycles. The van der Waals surface area contributed by atoms with Crippen molar-refractivity contribution in [3.63, 3.8) is 0 Å². The van der Waals surface area contributed by atoms with Crippen molar-refractivity contribution in [2.75, 3.05) is 7.11 Å². The van der Waals surface area contributed by atoms with Crippen molar-refractivity contribution in [3.05, 3.63) is 35.4 Å². The zero-order chi connectivity index (χ0) is 13.9. The van der Waals surface area contributed by atoms with Crippen LogP contribution in [0.15, 0.2) is 24.3 Å². The third kappa shape index (κ3) is 7.37. The van der Waals surface area contributed by atoms with E-state index >= 15 is 0 Å². The van der Waals surface area contributed by atoms with Crippen LogP contribution < -0.4 is 0 Å². The fourth-order valence-corrected chi connectivity index (χ4v) is 2.32. The zero-order valence-electron chi connectivity index (χ0n) is 13.0. The number of ether oxygens (including phenoxy) is 1. The number of aryl methyl sites for hydroxylation is 1. The third-order valence-corrected chi connectivity index (χ3v) is 3.87. The first-order valence-corrected chi connectivity index (χ1v) is 7.80. The van der Waals surface area contributed by atoms with Gasteiger partial charge in [-0.25, -0.2) is 0 Å². The van der Waals surface area contributed by atoms with Gasteiger partial charge in [-0.1, -0.05) is 81.7 Å². The number of hydrogen-bond donors (Lipinski definition) is 0. The van der Waals surface area contributed by atoms with Gasteiger partial charge in [0.2, 0.25) is 0 Å². The van der Waals surface area contributed by atoms with Gasteiger partial charge in [0, 0.05) is 7.11 Å². The topological polar surface area (TPSA) is 9.23 Å². The summed E-state index contributed by atoms with van der Waals surface area (Å²) in [7, 11) is 1.71. The van der Waals surface area contributed by atoms with E-state index in [9.17, 15) is 0 Å². The Morgan fingerprint density at radius 1 is 1.11 bits per heavy atom. The fraction of sp³-hybridized carbons (Fsp3) is 0.667. The summed E-state index contributed by atoms with van der Waals surface area (Å²) in [5.41, 5.74) is 2.52. The molecule has 2 rings (SSSR count). The molecule has 0 amide bonds. The molecule has 1 aliphatic rings. The van der Waals surface area contributed by atoms with Crippen LogP contribution in [0.5, 0.6) is 0 Å². The summed E-state index contributed by atoms with van der Waals surface area (Å²) in [5.74, 6) is 1.14. The number of methoxy groups -OCH3 is 1. The molecule has 1 saturated carbocycles. The molecule has 108 valence electrons. The first-order chi connectivity index (χ1) is 9.26. The monoisotopic (exact) mass is 262 g/mol. The van der Waals surface area contributed by atoms with Gasteiger partial charge in [0.05, 0.1) is 6.61 Å². The maximum Gasteiger partial charge on any atom is 0.0713 e. The van der Waals surface area contributed by atoms with Crippen molar-refractivity contribution < 1.29 is 4.74 Å². The van der Waals surface area contributed by atoms with Crippen LogP contribution in [-0.4, -0.2) is 7.11 Å². The van der Waals surface area contributed by atoms with Crippen molar-refractivity contribution in [2.45, 2.75) is 65.4 Å². The fourth-order valence-electron chi connectivity index (χ4n) is 2.32. The first-order valence-electron chi connectivity index (χ1n) is 7.80. The average molecular weight is 262 g/mol. The molecular weight excluding hydrogens is 232 g/mol. The van der Waals surface area contributed by atoms with E-state index in [2.05, 4.69) is 38.1 Å². The molecule has 0 spiro atoms. The lowest BCUT2D eigenvalue weighted by Gasteiger charge is -2.24. The Kier molecular flexibility index (Phi) is 8.57. The van der Waals surface area contributed by atoms with E-state index in [-0.39, 0.29) is 0 Å². The quantitative estimate of drug-likeness (QED) is 0.614. The molecule has 0 radical (unpaired) electrons. The summed E-state index contributed by atoms with van der Waals surface area (Å²) < 4.78 is 4.97. The highest BCUT2D eigenvalue weighted by molar-refractivity contribution is 5.20. The summed E-state index contributed by atoms with van der Waals surface area (Å²) in [4.78, 5) is 0. The Bertz CT molecular complexity index is 311. The van der Waals surface area contributed by atoms with Crippen LogP contribution in [0.1, 0.15) is 63.0 Å². The molecule has 1 aromatic rings. The Labute approximate surface area is 119 Å². The molecule has 0 aromatic heterocycles. The van der Waals surface area contributed by atoms with E-state index in [1.165, 1.54) is 56.1 Å². The molecule has 1 aliphatic carbocycles. The minimum atomic E-state index is 0.709.